The highest BCUT2D eigenvalue weighted by Gasteiger charge is 2.32. The zero-order chi connectivity index (χ0) is 25.4. The van der Waals surface area contributed by atoms with E-state index in [4.69, 9.17) is 11.6 Å². The highest BCUT2D eigenvalue weighted by Crippen LogP contribution is 2.21. The highest BCUT2D eigenvalue weighted by atomic mass is 79.9. The Morgan fingerprint density at radius 2 is 1.54 bits per heavy atom. The van der Waals surface area contributed by atoms with Crippen molar-refractivity contribution in [3.8, 4) is 0 Å². The number of nitrogens with one attached hydrogen (secondary N) is 1. The van der Waals surface area contributed by atoms with Crippen LogP contribution < -0.4 is 5.32 Å². The van der Waals surface area contributed by atoms with E-state index in [0.29, 0.717) is 24.4 Å². The van der Waals surface area contributed by atoms with Crippen molar-refractivity contribution in [2.45, 2.75) is 58.2 Å². The van der Waals surface area contributed by atoms with Gasteiger partial charge in [0.05, 0.1) is 0 Å². The lowest BCUT2D eigenvalue weighted by atomic mass is 10.00. The molecule has 0 aliphatic rings. The molecule has 3 aromatic carbocycles. The van der Waals surface area contributed by atoms with E-state index in [1.807, 2.05) is 99.6 Å². The lowest BCUT2D eigenvalue weighted by Crippen LogP contribution is -2.54. The molecule has 0 aliphatic carbocycles. The van der Waals surface area contributed by atoms with E-state index < -0.39 is 11.6 Å². The fourth-order valence-electron chi connectivity index (χ4n) is 3.88. The molecule has 0 spiro atoms. The van der Waals surface area contributed by atoms with Crippen molar-refractivity contribution in [3.63, 3.8) is 0 Å². The van der Waals surface area contributed by atoms with Gasteiger partial charge >= 0.3 is 0 Å². The van der Waals surface area contributed by atoms with Crippen LogP contribution in [0.3, 0.4) is 0 Å². The molecule has 0 saturated heterocycles. The lowest BCUT2D eigenvalue weighted by Gasteiger charge is -2.34. The van der Waals surface area contributed by atoms with E-state index in [2.05, 4.69) is 21.2 Å². The molecule has 6 heteroatoms. The maximum Gasteiger partial charge on any atom is 0.243 e. The molecule has 1 unspecified atom stereocenters. The summed E-state index contributed by atoms with van der Waals surface area (Å²) in [7, 11) is 0. The predicted octanol–water partition coefficient (Wildman–Crippen LogP) is 6.59. The van der Waals surface area contributed by atoms with Gasteiger partial charge in [0.1, 0.15) is 6.04 Å². The number of carbonyl (C=O) groups is 2. The number of benzene rings is 3. The van der Waals surface area contributed by atoms with Crippen LogP contribution in [0.2, 0.25) is 5.02 Å². The number of aryl methyl sites for hydroxylation is 1. The number of hydrogen-bond donors (Lipinski definition) is 1. The molecule has 2 amide bonds. The van der Waals surface area contributed by atoms with E-state index in [9.17, 15) is 9.59 Å². The van der Waals surface area contributed by atoms with Crippen LogP contribution in [0.25, 0.3) is 0 Å². The SMILES string of the molecule is CC(C)(C)NC(=O)C(Cc1ccccc1)N(Cc1ccc(Br)cc1)C(=O)CCc1ccccc1Cl. The number of carbonyl (C=O) groups excluding carboxylic acids is 2. The maximum atomic E-state index is 13.7. The van der Waals surface area contributed by atoms with Crippen LogP contribution in [0.4, 0.5) is 0 Å². The smallest absolute Gasteiger partial charge is 0.243 e. The topological polar surface area (TPSA) is 49.4 Å². The molecule has 0 radical (unpaired) electrons. The molecular weight excluding hydrogens is 524 g/mol. The first-order valence-electron chi connectivity index (χ1n) is 11.8. The summed E-state index contributed by atoms with van der Waals surface area (Å²) in [5.41, 5.74) is 2.46. The average molecular weight is 556 g/mol. The van der Waals surface area contributed by atoms with Gasteiger partial charge in [0.2, 0.25) is 11.8 Å². The lowest BCUT2D eigenvalue weighted by molar-refractivity contribution is -0.141. The molecule has 4 nitrogen and oxygen atoms in total. The molecule has 184 valence electrons. The zero-order valence-electron chi connectivity index (χ0n) is 20.4. The predicted molar refractivity (Wildman–Crippen MR) is 146 cm³/mol. The van der Waals surface area contributed by atoms with Crippen LogP contribution in [0.5, 0.6) is 0 Å². The van der Waals surface area contributed by atoms with Gasteiger partial charge < -0.3 is 10.2 Å². The second-order valence-corrected chi connectivity index (χ2v) is 11.0. The zero-order valence-corrected chi connectivity index (χ0v) is 22.8. The Morgan fingerprint density at radius 3 is 2.17 bits per heavy atom. The van der Waals surface area contributed by atoms with Crippen molar-refractivity contribution in [2.24, 2.45) is 0 Å². The second-order valence-electron chi connectivity index (χ2n) is 9.68. The van der Waals surface area contributed by atoms with Crippen molar-refractivity contribution in [1.29, 1.82) is 0 Å². The van der Waals surface area contributed by atoms with Crippen LogP contribution in [-0.4, -0.2) is 28.3 Å². The third-order valence-corrected chi connectivity index (χ3v) is 6.50. The summed E-state index contributed by atoms with van der Waals surface area (Å²) in [6, 6.07) is 24.6. The Hall–Kier alpha value is -2.63. The largest absolute Gasteiger partial charge is 0.350 e. The number of hydrogen-bond acceptors (Lipinski definition) is 2. The minimum Gasteiger partial charge on any atom is -0.350 e. The Bertz CT molecular complexity index is 1130. The minimum atomic E-state index is -0.654. The average Bonchev–Trinajstić information content (AvgIpc) is 2.81. The van der Waals surface area contributed by atoms with Crippen molar-refractivity contribution >= 4 is 39.3 Å². The molecule has 0 saturated carbocycles. The van der Waals surface area contributed by atoms with Gasteiger partial charge in [-0.1, -0.05) is 88.2 Å². The van der Waals surface area contributed by atoms with Crippen molar-refractivity contribution in [2.75, 3.05) is 0 Å². The van der Waals surface area contributed by atoms with Crippen LogP contribution in [-0.2, 0) is 29.0 Å². The molecule has 0 aliphatic heterocycles. The Labute approximate surface area is 221 Å². The van der Waals surface area contributed by atoms with Crippen molar-refractivity contribution in [3.05, 3.63) is 105 Å². The van der Waals surface area contributed by atoms with Crippen LogP contribution in [0.1, 0.15) is 43.9 Å². The number of nitrogens with zero attached hydrogens (tertiary/aromatic N) is 1. The first-order chi connectivity index (χ1) is 16.6. The van der Waals surface area contributed by atoms with E-state index in [1.54, 1.807) is 4.90 Å². The van der Waals surface area contributed by atoms with Crippen LogP contribution in [0.15, 0.2) is 83.3 Å². The van der Waals surface area contributed by atoms with Gasteiger partial charge in [0.25, 0.3) is 0 Å². The fraction of sp³-hybridized carbons (Fsp3) is 0.310. The molecule has 3 rings (SSSR count). The Kier molecular flexibility index (Phi) is 9.53. The van der Waals surface area contributed by atoms with E-state index >= 15 is 0 Å². The molecule has 0 aromatic heterocycles. The summed E-state index contributed by atoms with van der Waals surface area (Å²) in [6.07, 6.45) is 1.19. The summed E-state index contributed by atoms with van der Waals surface area (Å²) in [5, 5.41) is 3.74. The Morgan fingerprint density at radius 1 is 0.914 bits per heavy atom. The summed E-state index contributed by atoms with van der Waals surface area (Å²) in [6.45, 7) is 6.18. The van der Waals surface area contributed by atoms with Crippen LogP contribution in [0, 0.1) is 0 Å². The summed E-state index contributed by atoms with van der Waals surface area (Å²) >= 11 is 9.80. The fourth-order valence-corrected chi connectivity index (χ4v) is 4.37. The quantitative estimate of drug-likeness (QED) is 0.324. The monoisotopic (exact) mass is 554 g/mol. The van der Waals surface area contributed by atoms with Gasteiger partial charge in [0.15, 0.2) is 0 Å². The van der Waals surface area contributed by atoms with Crippen molar-refractivity contribution < 1.29 is 9.59 Å². The van der Waals surface area contributed by atoms with Gasteiger partial charge in [-0.15, -0.1) is 0 Å². The molecule has 1 N–H and O–H groups in total. The van der Waals surface area contributed by atoms with E-state index in [1.165, 1.54) is 0 Å². The number of halogens is 2. The molecule has 0 heterocycles. The van der Waals surface area contributed by atoms with Gasteiger partial charge in [-0.25, -0.2) is 0 Å². The molecule has 3 aromatic rings. The first kappa shape index (κ1) is 27.0. The van der Waals surface area contributed by atoms with Crippen LogP contribution >= 0.6 is 27.5 Å². The first-order valence-corrected chi connectivity index (χ1v) is 12.9. The molecular formula is C29H32BrClN2O2. The van der Waals surface area contributed by atoms with E-state index in [0.717, 1.165) is 21.2 Å². The second kappa shape index (κ2) is 12.4. The van der Waals surface area contributed by atoms with Gasteiger partial charge in [-0.2, -0.15) is 0 Å². The van der Waals surface area contributed by atoms with Gasteiger partial charge in [0, 0.05) is 34.4 Å². The third-order valence-electron chi connectivity index (χ3n) is 5.60. The molecule has 35 heavy (non-hydrogen) atoms. The number of rotatable bonds is 9. The summed E-state index contributed by atoms with van der Waals surface area (Å²) in [5.74, 6) is -0.248. The minimum absolute atomic E-state index is 0.0853. The molecule has 0 bridgehead atoms. The normalized spacial score (nSPS) is 12.1. The van der Waals surface area contributed by atoms with Gasteiger partial charge in [-0.3, -0.25) is 9.59 Å². The number of amides is 2. The van der Waals surface area contributed by atoms with Gasteiger partial charge in [-0.05, 0) is 62.1 Å². The van der Waals surface area contributed by atoms with E-state index in [-0.39, 0.29) is 18.2 Å². The summed E-state index contributed by atoms with van der Waals surface area (Å²) in [4.78, 5) is 29.0. The Balaban J connectivity index is 1.93. The summed E-state index contributed by atoms with van der Waals surface area (Å²) < 4.78 is 0.962. The third kappa shape index (κ3) is 8.52. The molecule has 1 atom stereocenters. The standard InChI is InChI=1S/C29H32BrClN2O2/c1-29(2,3)32-28(35)26(19-21-9-5-4-6-10-21)33(20-22-13-16-24(30)17-14-22)27(34)18-15-23-11-7-8-12-25(23)31/h4-14,16-17,26H,15,18-20H2,1-3H3,(H,32,35). The van der Waals surface area contributed by atoms with Crippen molar-refractivity contribution in [1.82, 2.24) is 10.2 Å². The molecule has 0 fully saturated rings. The maximum absolute atomic E-state index is 13.7. The highest BCUT2D eigenvalue weighted by molar-refractivity contribution is 9.10.